The van der Waals surface area contributed by atoms with Crippen molar-refractivity contribution >= 4 is 6.03 Å². The van der Waals surface area contributed by atoms with E-state index in [0.29, 0.717) is 39.3 Å². The zero-order valence-corrected chi connectivity index (χ0v) is 18.9. The molecule has 3 heterocycles. The quantitative estimate of drug-likeness (QED) is 0.773. The molecule has 33 heavy (non-hydrogen) atoms. The maximum Gasteiger partial charge on any atom is 0.320 e. The summed E-state index contributed by atoms with van der Waals surface area (Å²) in [6, 6.07) is 9.94. The second-order valence-corrected chi connectivity index (χ2v) is 9.71. The van der Waals surface area contributed by atoms with E-state index < -0.39 is 11.0 Å². The van der Waals surface area contributed by atoms with Crippen LogP contribution in [0.5, 0.6) is 0 Å². The predicted molar refractivity (Wildman–Crippen MR) is 123 cm³/mol. The van der Waals surface area contributed by atoms with E-state index >= 15 is 0 Å². The Kier molecular flexibility index (Phi) is 5.97. The molecule has 1 saturated carbocycles. The Bertz CT molecular complexity index is 1040. The first-order chi connectivity index (χ1) is 16.0. The van der Waals surface area contributed by atoms with E-state index in [1.54, 1.807) is 17.0 Å². The third kappa shape index (κ3) is 4.06. The molecule has 2 amide bonds. The van der Waals surface area contributed by atoms with Crippen LogP contribution in [0.25, 0.3) is 0 Å². The fraction of sp³-hybridized carbons (Fsp3) is 0.560. The monoisotopic (exact) mass is 452 g/mol. The number of benzene rings is 1. The average Bonchev–Trinajstić information content (AvgIpc) is 3.33. The molecule has 5 rings (SSSR count). The summed E-state index contributed by atoms with van der Waals surface area (Å²) < 4.78 is 7.27. The Morgan fingerprint density at radius 2 is 1.94 bits per heavy atom. The zero-order valence-electron chi connectivity index (χ0n) is 18.9. The summed E-state index contributed by atoms with van der Waals surface area (Å²) >= 11 is 0. The van der Waals surface area contributed by atoms with Gasteiger partial charge in [-0.15, -0.1) is 0 Å². The van der Waals surface area contributed by atoms with Gasteiger partial charge in [-0.1, -0.05) is 43.2 Å². The van der Waals surface area contributed by atoms with Crippen molar-refractivity contribution in [2.75, 3.05) is 32.8 Å². The second kappa shape index (κ2) is 8.91. The minimum Gasteiger partial charge on any atom is -0.387 e. The number of piperidine rings is 1. The molecule has 2 atom stereocenters. The third-order valence-corrected chi connectivity index (χ3v) is 7.90. The molecule has 3 aliphatic rings. The lowest BCUT2D eigenvalue weighted by atomic mass is 9.66. The molecular formula is C25H32N4O4. The molecule has 1 N–H and O–H groups in total. The van der Waals surface area contributed by atoms with Crippen molar-refractivity contribution < 1.29 is 14.6 Å². The smallest absolute Gasteiger partial charge is 0.320 e. The molecule has 1 unspecified atom stereocenters. The van der Waals surface area contributed by atoms with Gasteiger partial charge in [0.05, 0.1) is 37.6 Å². The average molecular weight is 453 g/mol. The number of rotatable bonds is 3. The Labute approximate surface area is 193 Å². The lowest BCUT2D eigenvalue weighted by Gasteiger charge is -2.53. The van der Waals surface area contributed by atoms with Gasteiger partial charge in [-0.05, 0) is 24.8 Å². The first kappa shape index (κ1) is 22.1. The molecule has 3 fully saturated rings. The molecule has 0 radical (unpaired) electrons. The minimum atomic E-state index is -1.03. The number of nitrogens with zero attached hydrogens (tertiary/aromatic N) is 4. The van der Waals surface area contributed by atoms with E-state index in [-0.39, 0.29) is 24.2 Å². The highest BCUT2D eigenvalue weighted by Crippen LogP contribution is 2.51. The normalized spacial score (nSPS) is 27.1. The molecule has 1 aromatic carbocycles. The van der Waals surface area contributed by atoms with E-state index in [0.717, 1.165) is 31.2 Å². The summed E-state index contributed by atoms with van der Waals surface area (Å²) in [5.74, 6) is 0. The number of aromatic nitrogens is 2. The van der Waals surface area contributed by atoms with Crippen LogP contribution >= 0.6 is 0 Å². The number of urea groups is 1. The van der Waals surface area contributed by atoms with Gasteiger partial charge in [0.1, 0.15) is 0 Å². The number of carbonyl (C=O) groups excluding carboxylic acids is 1. The molecule has 2 aliphatic heterocycles. The Balaban J connectivity index is 1.38. The SMILES string of the molecule is O=C(N1CCC(O)(Cn2ccncc2=O)C2(CCCC2)C1)N1CCOC[C@H]1c1ccccc1. The fourth-order valence-corrected chi connectivity index (χ4v) is 6.01. The summed E-state index contributed by atoms with van der Waals surface area (Å²) in [5, 5.41) is 11.9. The first-order valence-corrected chi connectivity index (χ1v) is 11.9. The molecule has 0 bridgehead atoms. The highest BCUT2D eigenvalue weighted by molar-refractivity contribution is 5.75. The lowest BCUT2D eigenvalue weighted by Crippen LogP contribution is -2.64. The standard InChI is InChI=1S/C25H32N4O4/c30-22-16-26-11-13-27(22)19-25(32)10-12-28(18-24(25)8-4-5-9-24)23(31)29-14-15-33-17-21(29)20-6-2-1-3-7-20/h1-3,6-7,11,13,16,21,32H,4-5,8-10,12,14-15,17-19H2/t21-,25?/m0/s1. The molecule has 176 valence electrons. The van der Waals surface area contributed by atoms with Crippen LogP contribution in [-0.2, 0) is 11.3 Å². The van der Waals surface area contributed by atoms with Crippen molar-refractivity contribution in [3.63, 3.8) is 0 Å². The molecule has 1 spiro atoms. The molecule has 1 aromatic heterocycles. The van der Waals surface area contributed by atoms with Crippen molar-refractivity contribution in [1.82, 2.24) is 19.4 Å². The topological polar surface area (TPSA) is 87.9 Å². The largest absolute Gasteiger partial charge is 0.387 e. The summed E-state index contributed by atoms with van der Waals surface area (Å²) in [7, 11) is 0. The molecule has 2 aromatic rings. The van der Waals surface area contributed by atoms with Gasteiger partial charge in [0, 0.05) is 37.4 Å². The number of amides is 2. The van der Waals surface area contributed by atoms with Crippen molar-refractivity contribution in [1.29, 1.82) is 0 Å². The van der Waals surface area contributed by atoms with Crippen LogP contribution in [-0.4, -0.2) is 68.9 Å². The van der Waals surface area contributed by atoms with Crippen LogP contribution < -0.4 is 5.56 Å². The summed E-state index contributed by atoms with van der Waals surface area (Å²) in [5.41, 5.74) is -0.573. The van der Waals surface area contributed by atoms with Crippen LogP contribution in [0.1, 0.15) is 43.7 Å². The van der Waals surface area contributed by atoms with Crippen molar-refractivity contribution in [3.8, 4) is 0 Å². The number of hydrogen-bond donors (Lipinski definition) is 1. The Morgan fingerprint density at radius 1 is 1.15 bits per heavy atom. The second-order valence-electron chi connectivity index (χ2n) is 9.71. The van der Waals surface area contributed by atoms with Gasteiger partial charge in [0.25, 0.3) is 5.56 Å². The number of likely N-dealkylation sites (tertiary alicyclic amines) is 1. The van der Waals surface area contributed by atoms with E-state index in [4.69, 9.17) is 4.74 Å². The van der Waals surface area contributed by atoms with Crippen molar-refractivity contribution in [2.24, 2.45) is 5.41 Å². The van der Waals surface area contributed by atoms with E-state index in [1.807, 2.05) is 40.1 Å². The van der Waals surface area contributed by atoms with Gasteiger partial charge in [-0.3, -0.25) is 9.78 Å². The number of aliphatic hydroxyl groups is 1. The highest BCUT2D eigenvalue weighted by Gasteiger charge is 2.56. The van der Waals surface area contributed by atoms with Crippen molar-refractivity contribution in [3.05, 3.63) is 64.8 Å². The van der Waals surface area contributed by atoms with E-state index in [2.05, 4.69) is 4.98 Å². The van der Waals surface area contributed by atoms with E-state index in [9.17, 15) is 14.7 Å². The fourth-order valence-electron chi connectivity index (χ4n) is 6.01. The van der Waals surface area contributed by atoms with Crippen LogP contribution in [0, 0.1) is 5.41 Å². The maximum atomic E-state index is 13.8. The molecule has 1 aliphatic carbocycles. The number of carbonyl (C=O) groups is 1. The van der Waals surface area contributed by atoms with Gasteiger partial charge in [0.2, 0.25) is 0 Å². The summed E-state index contributed by atoms with van der Waals surface area (Å²) in [6.45, 7) is 2.79. The van der Waals surface area contributed by atoms with E-state index in [1.165, 1.54) is 6.20 Å². The Morgan fingerprint density at radius 3 is 2.70 bits per heavy atom. The van der Waals surface area contributed by atoms with Gasteiger partial charge in [-0.2, -0.15) is 0 Å². The third-order valence-electron chi connectivity index (χ3n) is 7.90. The number of morpholine rings is 1. The van der Waals surface area contributed by atoms with Crippen molar-refractivity contribution in [2.45, 2.75) is 50.3 Å². The van der Waals surface area contributed by atoms with Gasteiger partial charge < -0.3 is 24.2 Å². The number of hydrogen-bond acceptors (Lipinski definition) is 5. The van der Waals surface area contributed by atoms with Crippen LogP contribution in [0.4, 0.5) is 4.79 Å². The molecule has 8 nitrogen and oxygen atoms in total. The summed E-state index contributed by atoms with van der Waals surface area (Å²) in [4.78, 5) is 33.8. The Hall–Kier alpha value is -2.71. The minimum absolute atomic E-state index is 0.0153. The van der Waals surface area contributed by atoms with Gasteiger partial charge in [-0.25, -0.2) is 4.79 Å². The predicted octanol–water partition coefficient (Wildman–Crippen LogP) is 2.43. The van der Waals surface area contributed by atoms with Gasteiger partial charge in [0.15, 0.2) is 0 Å². The molecule has 2 saturated heterocycles. The van der Waals surface area contributed by atoms with Crippen LogP contribution in [0.15, 0.2) is 53.7 Å². The van der Waals surface area contributed by atoms with Crippen LogP contribution in [0.3, 0.4) is 0 Å². The zero-order chi connectivity index (χ0) is 22.9. The number of ether oxygens (including phenoxy) is 1. The molecule has 8 heteroatoms. The maximum absolute atomic E-state index is 13.8. The first-order valence-electron chi connectivity index (χ1n) is 11.9. The van der Waals surface area contributed by atoms with Crippen LogP contribution in [0.2, 0.25) is 0 Å². The lowest BCUT2D eigenvalue weighted by molar-refractivity contribution is -0.137. The van der Waals surface area contributed by atoms with Gasteiger partial charge >= 0.3 is 6.03 Å². The molecular weight excluding hydrogens is 420 g/mol. The highest BCUT2D eigenvalue weighted by atomic mass is 16.5. The summed E-state index contributed by atoms with van der Waals surface area (Å²) in [6.07, 6.45) is 8.72.